The first kappa shape index (κ1) is 36.4. The van der Waals surface area contributed by atoms with Gasteiger partial charge in [0.1, 0.15) is 36.6 Å². The topological polar surface area (TPSA) is 301 Å². The number of aliphatic hydroxyl groups is 5. The lowest BCUT2D eigenvalue weighted by Crippen LogP contribution is -2.58. The van der Waals surface area contributed by atoms with Crippen molar-refractivity contribution in [1.82, 2.24) is 9.55 Å². The minimum absolute atomic E-state index is 0.00658. The number of nitrogens with zero attached hydrogens (tertiary/aromatic N) is 1. The number of methoxy groups -OCH3 is 1. The molecule has 2 aliphatic rings. The molecule has 3 rings (SSSR count). The van der Waals surface area contributed by atoms with Crippen LogP contribution < -0.4 is 21.0 Å². The Balaban J connectivity index is 1.54. The quantitative estimate of drug-likeness (QED) is 0.0705. The van der Waals surface area contributed by atoms with E-state index in [1.54, 1.807) is 0 Å². The molecule has 11 atom stereocenters. The Labute approximate surface area is 247 Å². The van der Waals surface area contributed by atoms with Gasteiger partial charge in [-0.1, -0.05) is 0 Å². The number of phosphoric ester groups is 2. The van der Waals surface area contributed by atoms with Crippen LogP contribution in [0.1, 0.15) is 6.23 Å². The third-order valence-electron chi connectivity index (χ3n) is 6.05. The maximum atomic E-state index is 12.3. The normalized spacial score (nSPS) is 34.1. The van der Waals surface area contributed by atoms with Crippen molar-refractivity contribution in [3.63, 3.8) is 0 Å². The Morgan fingerprint density at radius 3 is 2.33 bits per heavy atom. The molecule has 0 radical (unpaired) electrons. The number of aromatic nitrogens is 2. The number of rotatable bonds is 16. The molecule has 0 aliphatic carbocycles. The number of hydrogen-bond donors (Lipinski definition) is 6. The zero-order valence-electron chi connectivity index (χ0n) is 22.4. The van der Waals surface area contributed by atoms with Gasteiger partial charge in [0.05, 0.1) is 32.5 Å². The van der Waals surface area contributed by atoms with Gasteiger partial charge in [0, 0.05) is 30.9 Å². The SMILES string of the molecule is COCCOCCSCC1OC(OP(=O)([O-])OP(=O)([O-])OC[C@H]2O[C@@H](n3ccc(=O)[nH]c3=O)C(O)[C@H]2O)C(O)[C@@H](O)[C@H]1O. The predicted octanol–water partition coefficient (Wildman–Crippen LogP) is -4.65. The Kier molecular flexibility index (Phi) is 13.5. The van der Waals surface area contributed by atoms with Crippen LogP contribution in [-0.2, 0) is 41.4 Å². The summed E-state index contributed by atoms with van der Waals surface area (Å²) in [5.41, 5.74) is -1.77. The van der Waals surface area contributed by atoms with Crippen LogP contribution in [0.25, 0.3) is 0 Å². The molecule has 1 aromatic rings. The van der Waals surface area contributed by atoms with Crippen LogP contribution in [0.3, 0.4) is 0 Å². The molecule has 0 aromatic carbocycles. The number of thioether (sulfide) groups is 1. The molecule has 43 heavy (non-hydrogen) atoms. The Morgan fingerprint density at radius 1 is 0.953 bits per heavy atom. The number of hydrogen-bond acceptors (Lipinski definition) is 19. The highest BCUT2D eigenvalue weighted by Crippen LogP contribution is 2.57. The van der Waals surface area contributed by atoms with Crippen LogP contribution in [0, 0.1) is 0 Å². The first-order valence-electron chi connectivity index (χ1n) is 12.5. The smallest absolute Gasteiger partial charge is 0.330 e. The van der Waals surface area contributed by atoms with Crippen molar-refractivity contribution < 1.29 is 76.8 Å². The van der Waals surface area contributed by atoms with E-state index in [1.807, 2.05) is 4.98 Å². The first-order chi connectivity index (χ1) is 20.2. The summed E-state index contributed by atoms with van der Waals surface area (Å²) in [6.07, 6.45) is -15.0. The molecule has 2 saturated heterocycles. The van der Waals surface area contributed by atoms with Gasteiger partial charge in [-0.05, 0) is 0 Å². The molecule has 2 fully saturated rings. The fourth-order valence-corrected chi connectivity index (χ4v) is 6.88. The fraction of sp³-hybridized carbons (Fsp3) is 0.800. The van der Waals surface area contributed by atoms with E-state index < -0.39 is 88.7 Å². The van der Waals surface area contributed by atoms with E-state index in [4.69, 9.17) is 18.9 Å². The molecule has 0 bridgehead atoms. The molecule has 6 unspecified atom stereocenters. The standard InChI is InChI=1S/C20H34N2O18P2S/c1-34-4-5-35-6-7-43-9-11-14(25)15(26)17(28)19(38-11)39-42(32,33)40-41(30,31)36-8-10-13(24)16(27)18(37-10)22-3-2-12(23)21-20(22)29/h2-3,10-11,13-19,24-28H,4-9H2,1H3,(H,30,31)(H,32,33)(H,21,23,29)/p-2/t10-,11?,13+,14+,15+,16?,17?,18-,19?/m1/s1. The first-order valence-corrected chi connectivity index (χ1v) is 16.6. The number of aliphatic hydroxyl groups excluding tert-OH is 5. The van der Waals surface area contributed by atoms with Crippen molar-refractivity contribution in [2.24, 2.45) is 0 Å². The monoisotopic (exact) mass is 682 g/mol. The molecule has 0 spiro atoms. The molecular weight excluding hydrogens is 650 g/mol. The molecular formula is C20H32N2O18P2S-2. The number of aromatic amines is 1. The third kappa shape index (κ3) is 10.2. The average Bonchev–Trinajstić information content (AvgIpc) is 3.20. The summed E-state index contributed by atoms with van der Waals surface area (Å²) in [5.74, 6) is 0.409. The summed E-state index contributed by atoms with van der Waals surface area (Å²) in [6, 6.07) is 0.924. The lowest BCUT2D eigenvalue weighted by molar-refractivity contribution is -0.298. The van der Waals surface area contributed by atoms with E-state index in [2.05, 4.69) is 13.4 Å². The molecule has 6 N–H and O–H groups in total. The number of nitrogens with one attached hydrogen (secondary N) is 1. The van der Waals surface area contributed by atoms with Gasteiger partial charge in [0.25, 0.3) is 21.2 Å². The average molecular weight is 682 g/mol. The second-order valence-corrected chi connectivity index (χ2v) is 13.2. The number of H-pyrrole nitrogens is 1. The summed E-state index contributed by atoms with van der Waals surface area (Å²) in [6.45, 7) is -0.0626. The Morgan fingerprint density at radius 2 is 1.65 bits per heavy atom. The summed E-state index contributed by atoms with van der Waals surface area (Å²) in [7, 11) is -10.2. The van der Waals surface area contributed by atoms with E-state index in [0.717, 1.165) is 12.3 Å². The van der Waals surface area contributed by atoms with Crippen LogP contribution >= 0.6 is 27.4 Å². The zero-order valence-corrected chi connectivity index (χ0v) is 25.0. The maximum Gasteiger partial charge on any atom is 0.330 e. The van der Waals surface area contributed by atoms with Gasteiger partial charge in [0.15, 0.2) is 12.5 Å². The van der Waals surface area contributed by atoms with Crippen molar-refractivity contribution in [3.8, 4) is 0 Å². The lowest BCUT2D eigenvalue weighted by Gasteiger charge is -2.42. The van der Waals surface area contributed by atoms with Gasteiger partial charge < -0.3 is 58.8 Å². The molecule has 20 nitrogen and oxygen atoms in total. The Bertz CT molecular complexity index is 1250. The van der Waals surface area contributed by atoms with Gasteiger partial charge in [-0.25, -0.2) is 9.11 Å². The van der Waals surface area contributed by atoms with E-state index in [0.29, 0.717) is 30.1 Å². The second kappa shape index (κ2) is 16.0. The van der Waals surface area contributed by atoms with Crippen LogP contribution in [-0.4, -0.2) is 129 Å². The van der Waals surface area contributed by atoms with Crippen LogP contribution in [0.4, 0.5) is 0 Å². The minimum atomic E-state index is -5.90. The Hall–Kier alpha value is -1.07. The number of phosphoric acid groups is 2. The van der Waals surface area contributed by atoms with Crippen LogP contribution in [0.15, 0.2) is 21.9 Å². The molecule has 2 aliphatic heterocycles. The summed E-state index contributed by atoms with van der Waals surface area (Å²) < 4.78 is 58.8. The van der Waals surface area contributed by atoms with Crippen LogP contribution in [0.2, 0.25) is 0 Å². The van der Waals surface area contributed by atoms with E-state index in [9.17, 15) is 54.0 Å². The second-order valence-electron chi connectivity index (χ2n) is 9.14. The van der Waals surface area contributed by atoms with Crippen molar-refractivity contribution in [2.75, 3.05) is 45.0 Å². The summed E-state index contributed by atoms with van der Waals surface area (Å²) in [5, 5.41) is 50.8. The highest BCUT2D eigenvalue weighted by Gasteiger charge is 2.47. The zero-order chi connectivity index (χ0) is 31.9. The van der Waals surface area contributed by atoms with Gasteiger partial charge in [-0.3, -0.25) is 28.0 Å². The predicted molar refractivity (Wildman–Crippen MR) is 137 cm³/mol. The molecule has 1 aromatic heterocycles. The highest BCUT2D eigenvalue weighted by atomic mass is 32.2. The summed E-state index contributed by atoms with van der Waals surface area (Å²) in [4.78, 5) is 49.7. The van der Waals surface area contributed by atoms with Crippen molar-refractivity contribution in [1.29, 1.82) is 0 Å². The lowest BCUT2D eigenvalue weighted by atomic mass is 10.0. The summed E-state index contributed by atoms with van der Waals surface area (Å²) >= 11 is 1.20. The highest BCUT2D eigenvalue weighted by molar-refractivity contribution is 7.99. The van der Waals surface area contributed by atoms with Crippen LogP contribution in [0.5, 0.6) is 0 Å². The largest absolute Gasteiger partial charge is 0.756 e. The van der Waals surface area contributed by atoms with Crippen molar-refractivity contribution in [3.05, 3.63) is 33.1 Å². The molecule has 23 heteroatoms. The van der Waals surface area contributed by atoms with E-state index in [1.165, 1.54) is 18.9 Å². The fourth-order valence-electron chi connectivity index (χ4n) is 3.88. The molecule has 0 saturated carbocycles. The van der Waals surface area contributed by atoms with Crippen molar-refractivity contribution in [2.45, 2.75) is 55.2 Å². The third-order valence-corrected chi connectivity index (χ3v) is 9.60. The van der Waals surface area contributed by atoms with E-state index >= 15 is 0 Å². The van der Waals surface area contributed by atoms with Gasteiger partial charge in [0.2, 0.25) is 0 Å². The molecule has 3 heterocycles. The molecule has 248 valence electrons. The van der Waals surface area contributed by atoms with Gasteiger partial charge >= 0.3 is 5.69 Å². The van der Waals surface area contributed by atoms with E-state index in [-0.39, 0.29) is 5.75 Å². The van der Waals surface area contributed by atoms with Gasteiger partial charge in [-0.15, -0.1) is 0 Å². The maximum absolute atomic E-state index is 12.3. The van der Waals surface area contributed by atoms with Crippen molar-refractivity contribution >= 4 is 27.4 Å². The molecule has 0 amide bonds. The minimum Gasteiger partial charge on any atom is -0.756 e. The van der Waals surface area contributed by atoms with Gasteiger partial charge in [-0.2, -0.15) is 11.8 Å². The number of ether oxygens (including phenoxy) is 4.